The third-order valence-electron chi connectivity index (χ3n) is 5.20. The highest BCUT2D eigenvalue weighted by Crippen LogP contribution is 2.26. The van der Waals surface area contributed by atoms with Crippen LogP contribution in [0.15, 0.2) is 4.52 Å². The molecule has 140 valence electrons. The first kappa shape index (κ1) is 18.1. The molecule has 2 amide bonds. The van der Waals surface area contributed by atoms with Gasteiger partial charge in [0.1, 0.15) is 0 Å². The minimum absolute atomic E-state index is 0.0653. The molecule has 0 aromatic carbocycles. The van der Waals surface area contributed by atoms with Crippen molar-refractivity contribution in [3.8, 4) is 0 Å². The number of likely N-dealkylation sites (tertiary alicyclic amines) is 2. The largest absolute Gasteiger partial charge is 0.383 e. The fourth-order valence-corrected chi connectivity index (χ4v) is 3.60. The van der Waals surface area contributed by atoms with Crippen LogP contribution in [-0.4, -0.2) is 78.5 Å². The SMILES string of the molecule is COCCN1CCC(NC(=O)N2CCC(c3nc(C)no3)CC2)CC1. The molecule has 0 saturated carbocycles. The van der Waals surface area contributed by atoms with Crippen LogP contribution in [0.2, 0.25) is 0 Å². The van der Waals surface area contributed by atoms with E-state index in [0.29, 0.717) is 11.7 Å². The highest BCUT2D eigenvalue weighted by atomic mass is 16.5. The number of hydrogen-bond donors (Lipinski definition) is 1. The van der Waals surface area contributed by atoms with E-state index in [1.54, 1.807) is 7.11 Å². The van der Waals surface area contributed by atoms with Crippen molar-refractivity contribution in [2.24, 2.45) is 0 Å². The van der Waals surface area contributed by atoms with E-state index in [9.17, 15) is 4.79 Å². The number of urea groups is 1. The molecule has 2 fully saturated rings. The maximum absolute atomic E-state index is 12.5. The molecule has 3 heterocycles. The summed E-state index contributed by atoms with van der Waals surface area (Å²) in [6.07, 6.45) is 3.77. The van der Waals surface area contributed by atoms with Crippen molar-refractivity contribution in [1.82, 2.24) is 25.3 Å². The summed E-state index contributed by atoms with van der Waals surface area (Å²) in [6, 6.07) is 0.345. The fourth-order valence-electron chi connectivity index (χ4n) is 3.60. The Bertz CT molecular complexity index is 548. The lowest BCUT2D eigenvalue weighted by molar-refractivity contribution is 0.123. The topological polar surface area (TPSA) is 83.7 Å². The first-order valence-corrected chi connectivity index (χ1v) is 9.22. The van der Waals surface area contributed by atoms with Gasteiger partial charge in [0.25, 0.3) is 0 Å². The molecule has 0 bridgehead atoms. The van der Waals surface area contributed by atoms with E-state index in [-0.39, 0.29) is 18.0 Å². The van der Waals surface area contributed by atoms with Crippen LogP contribution in [0.5, 0.6) is 0 Å². The van der Waals surface area contributed by atoms with Gasteiger partial charge in [0, 0.05) is 51.8 Å². The average Bonchev–Trinajstić information content (AvgIpc) is 3.07. The minimum atomic E-state index is 0.0653. The number of hydrogen-bond acceptors (Lipinski definition) is 6. The van der Waals surface area contributed by atoms with Crippen molar-refractivity contribution in [1.29, 1.82) is 0 Å². The number of amides is 2. The van der Waals surface area contributed by atoms with Crippen LogP contribution in [0.4, 0.5) is 4.79 Å². The highest BCUT2D eigenvalue weighted by molar-refractivity contribution is 5.74. The second-order valence-corrected chi connectivity index (χ2v) is 7.00. The summed E-state index contributed by atoms with van der Waals surface area (Å²) < 4.78 is 10.4. The predicted molar refractivity (Wildman–Crippen MR) is 92.5 cm³/mol. The van der Waals surface area contributed by atoms with Gasteiger partial charge in [-0.1, -0.05) is 5.16 Å². The van der Waals surface area contributed by atoms with Crippen LogP contribution in [0, 0.1) is 6.92 Å². The van der Waals surface area contributed by atoms with Crippen molar-refractivity contribution >= 4 is 6.03 Å². The van der Waals surface area contributed by atoms with Gasteiger partial charge in [0.15, 0.2) is 5.82 Å². The van der Waals surface area contributed by atoms with E-state index in [4.69, 9.17) is 9.26 Å². The summed E-state index contributed by atoms with van der Waals surface area (Å²) in [7, 11) is 1.73. The van der Waals surface area contributed by atoms with Crippen molar-refractivity contribution in [2.45, 2.75) is 44.6 Å². The first-order valence-electron chi connectivity index (χ1n) is 9.22. The van der Waals surface area contributed by atoms with Crippen LogP contribution >= 0.6 is 0 Å². The fraction of sp³-hybridized carbons (Fsp3) is 0.824. The predicted octanol–water partition coefficient (Wildman–Crippen LogP) is 1.38. The zero-order valence-corrected chi connectivity index (χ0v) is 15.2. The third kappa shape index (κ3) is 4.92. The number of methoxy groups -OCH3 is 1. The monoisotopic (exact) mass is 351 g/mol. The van der Waals surface area contributed by atoms with Gasteiger partial charge >= 0.3 is 6.03 Å². The molecular formula is C17H29N5O3. The molecule has 0 aliphatic carbocycles. The maximum Gasteiger partial charge on any atom is 0.317 e. The van der Waals surface area contributed by atoms with Gasteiger partial charge in [0.05, 0.1) is 6.61 Å². The molecule has 2 aliphatic rings. The molecule has 0 radical (unpaired) electrons. The number of nitrogens with zero attached hydrogens (tertiary/aromatic N) is 4. The van der Waals surface area contributed by atoms with Gasteiger partial charge in [-0.25, -0.2) is 4.79 Å². The summed E-state index contributed by atoms with van der Waals surface area (Å²) >= 11 is 0. The van der Waals surface area contributed by atoms with Crippen LogP contribution in [0.25, 0.3) is 0 Å². The molecule has 0 spiro atoms. The molecule has 0 unspecified atom stereocenters. The maximum atomic E-state index is 12.5. The molecule has 1 aromatic rings. The molecule has 2 aliphatic heterocycles. The van der Waals surface area contributed by atoms with E-state index in [2.05, 4.69) is 20.4 Å². The standard InChI is InChI=1S/C17H29N5O3/c1-13-18-16(25-20-13)14-3-9-22(10-4-14)17(23)19-15-5-7-21(8-6-15)11-12-24-2/h14-15H,3-12H2,1-2H3,(H,19,23). The quantitative estimate of drug-likeness (QED) is 0.863. The van der Waals surface area contributed by atoms with Gasteiger partial charge < -0.3 is 24.4 Å². The molecule has 2 saturated heterocycles. The molecule has 1 N–H and O–H groups in total. The Labute approximate surface area is 148 Å². The van der Waals surface area contributed by atoms with Crippen LogP contribution in [0.1, 0.15) is 43.3 Å². The third-order valence-corrected chi connectivity index (χ3v) is 5.20. The highest BCUT2D eigenvalue weighted by Gasteiger charge is 2.28. The number of aryl methyl sites for hydroxylation is 1. The van der Waals surface area contributed by atoms with E-state index < -0.39 is 0 Å². The van der Waals surface area contributed by atoms with Crippen molar-refractivity contribution in [3.63, 3.8) is 0 Å². The summed E-state index contributed by atoms with van der Waals surface area (Å²) in [5.41, 5.74) is 0. The summed E-state index contributed by atoms with van der Waals surface area (Å²) in [4.78, 5) is 21.1. The zero-order chi connectivity index (χ0) is 17.6. The smallest absolute Gasteiger partial charge is 0.317 e. The average molecular weight is 351 g/mol. The lowest BCUT2D eigenvalue weighted by atomic mass is 9.97. The van der Waals surface area contributed by atoms with Gasteiger partial charge in [-0.05, 0) is 32.6 Å². The van der Waals surface area contributed by atoms with Crippen LogP contribution < -0.4 is 5.32 Å². The van der Waals surface area contributed by atoms with Gasteiger partial charge in [-0.3, -0.25) is 0 Å². The number of nitrogens with one attached hydrogen (secondary N) is 1. The first-order chi connectivity index (χ1) is 12.2. The Morgan fingerprint density at radius 3 is 2.56 bits per heavy atom. The van der Waals surface area contributed by atoms with Gasteiger partial charge in [-0.15, -0.1) is 0 Å². The number of aromatic nitrogens is 2. The molecule has 8 nitrogen and oxygen atoms in total. The Hall–Kier alpha value is -1.67. The molecule has 1 aromatic heterocycles. The van der Waals surface area contributed by atoms with E-state index in [1.165, 1.54) is 0 Å². The van der Waals surface area contributed by atoms with E-state index in [0.717, 1.165) is 65.0 Å². The Morgan fingerprint density at radius 2 is 1.96 bits per heavy atom. The molecule has 0 atom stereocenters. The van der Waals surface area contributed by atoms with Crippen molar-refractivity contribution < 1.29 is 14.1 Å². The summed E-state index contributed by atoms with van der Waals surface area (Å²) in [5, 5.41) is 7.06. The van der Waals surface area contributed by atoms with E-state index >= 15 is 0 Å². The number of ether oxygens (including phenoxy) is 1. The number of carbonyl (C=O) groups is 1. The second-order valence-electron chi connectivity index (χ2n) is 7.00. The lowest BCUT2D eigenvalue weighted by Gasteiger charge is -2.35. The van der Waals surface area contributed by atoms with Crippen molar-refractivity contribution in [3.05, 3.63) is 11.7 Å². The molecule has 3 rings (SSSR count). The minimum Gasteiger partial charge on any atom is -0.383 e. The van der Waals surface area contributed by atoms with Crippen molar-refractivity contribution in [2.75, 3.05) is 46.4 Å². The Balaban J connectivity index is 1.38. The van der Waals surface area contributed by atoms with Gasteiger partial charge in [-0.2, -0.15) is 4.98 Å². The molecule has 8 heteroatoms. The molecular weight excluding hydrogens is 322 g/mol. The normalized spacial score (nSPS) is 20.8. The number of rotatable bonds is 5. The lowest BCUT2D eigenvalue weighted by Crippen LogP contribution is -2.51. The Morgan fingerprint density at radius 1 is 1.24 bits per heavy atom. The van der Waals surface area contributed by atoms with Crippen LogP contribution in [-0.2, 0) is 4.74 Å². The molecule has 25 heavy (non-hydrogen) atoms. The Kier molecular flexibility index (Phi) is 6.25. The van der Waals surface area contributed by atoms with E-state index in [1.807, 2.05) is 11.8 Å². The van der Waals surface area contributed by atoms with Crippen LogP contribution in [0.3, 0.4) is 0 Å². The zero-order valence-electron chi connectivity index (χ0n) is 15.2. The summed E-state index contributed by atoms with van der Waals surface area (Å²) in [5.74, 6) is 1.65. The number of carbonyl (C=O) groups excluding carboxylic acids is 1. The summed E-state index contributed by atoms with van der Waals surface area (Å²) in [6.45, 7) is 7.09. The van der Waals surface area contributed by atoms with Gasteiger partial charge in [0.2, 0.25) is 5.89 Å². The second kappa shape index (κ2) is 8.62. The number of piperidine rings is 2.